The summed E-state index contributed by atoms with van der Waals surface area (Å²) < 4.78 is 54.6. The zero-order valence-electron chi connectivity index (χ0n) is 23.0. The highest BCUT2D eigenvalue weighted by atomic mass is 127. The fourth-order valence-electron chi connectivity index (χ4n) is 4.74. The molecule has 0 bridgehead atoms. The quantitative estimate of drug-likeness (QED) is 0.139. The molecule has 0 aliphatic carbocycles. The second kappa shape index (κ2) is 15.2. The fraction of sp³-hybridized carbons (Fsp3) is 0.273. The molecule has 0 unspecified atom stereocenters. The first kappa shape index (κ1) is 30.8. The van der Waals surface area contributed by atoms with Crippen LogP contribution >= 0.6 is 22.6 Å². The summed E-state index contributed by atoms with van der Waals surface area (Å²) >= 11 is 2.21. The molecule has 42 heavy (non-hydrogen) atoms. The Hall–Kier alpha value is -2.64. The van der Waals surface area contributed by atoms with Gasteiger partial charge in [0.25, 0.3) is 0 Å². The van der Waals surface area contributed by atoms with Crippen molar-refractivity contribution in [3.8, 4) is 0 Å². The van der Waals surface area contributed by atoms with Crippen molar-refractivity contribution in [2.24, 2.45) is 0 Å². The third kappa shape index (κ3) is 8.47. The van der Waals surface area contributed by atoms with Crippen LogP contribution < -0.4 is 4.72 Å². The van der Waals surface area contributed by atoms with Gasteiger partial charge in [-0.1, -0.05) is 132 Å². The second-order valence-electron chi connectivity index (χ2n) is 10.00. The number of sulfonamides is 1. The number of ether oxygens (including phenoxy) is 4. The highest BCUT2D eigenvalue weighted by molar-refractivity contribution is 14.1. The summed E-state index contributed by atoms with van der Waals surface area (Å²) in [4.78, 5) is 0.165. The van der Waals surface area contributed by atoms with Crippen LogP contribution in [-0.2, 0) is 48.8 Å². The summed E-state index contributed by atoms with van der Waals surface area (Å²) in [6.45, 7) is 1.26. The Balaban J connectivity index is 1.40. The predicted octanol–water partition coefficient (Wildman–Crippen LogP) is 5.88. The van der Waals surface area contributed by atoms with E-state index in [0.29, 0.717) is 19.8 Å². The van der Waals surface area contributed by atoms with Gasteiger partial charge in [0, 0.05) is 0 Å². The summed E-state index contributed by atoms with van der Waals surface area (Å²) in [5.41, 5.74) is 3.05. The van der Waals surface area contributed by atoms with Gasteiger partial charge in [-0.3, -0.25) is 0 Å². The molecule has 0 saturated carbocycles. The van der Waals surface area contributed by atoms with Crippen molar-refractivity contribution >= 4 is 32.6 Å². The standard InChI is InChI=1S/C33H34INO6S/c34-30-32(40-23-27-17-9-3-10-18-27)31(39-22-26-15-7-2-8-16-26)29(24-38-21-25-13-5-1-6-14-25)41-33(30)35-42(36,37)28-19-11-4-12-20-28/h1-20,29-33,35H,21-24H2/t29-,30+,31-,32-,33+/m1/s1. The first-order valence-electron chi connectivity index (χ1n) is 13.8. The molecular formula is C33H34INO6S. The molecule has 0 radical (unpaired) electrons. The van der Waals surface area contributed by atoms with Crippen molar-refractivity contribution in [2.75, 3.05) is 6.61 Å². The minimum Gasteiger partial charge on any atom is -0.374 e. The SMILES string of the molecule is O=S(=O)(N[C@H]1O[C@H](COCc2ccccc2)[C@@H](OCc2ccccc2)[C@H](OCc2ccccc2)[C@@H]1I)c1ccccc1. The average molecular weight is 700 g/mol. The molecule has 1 heterocycles. The molecule has 5 rings (SSSR count). The van der Waals surface area contributed by atoms with Crippen LogP contribution in [0, 0.1) is 0 Å². The molecule has 0 spiro atoms. The number of hydrogen-bond donors (Lipinski definition) is 1. The summed E-state index contributed by atoms with van der Waals surface area (Å²) in [6, 6.07) is 37.9. The van der Waals surface area contributed by atoms with Crippen LogP contribution in [0.4, 0.5) is 0 Å². The molecule has 4 aromatic rings. The third-order valence-electron chi connectivity index (χ3n) is 6.90. The Morgan fingerprint density at radius 2 is 1.10 bits per heavy atom. The molecule has 1 N–H and O–H groups in total. The first-order chi connectivity index (χ1) is 20.5. The van der Waals surface area contributed by atoms with Gasteiger partial charge in [-0.15, -0.1) is 0 Å². The van der Waals surface area contributed by atoms with E-state index in [0.717, 1.165) is 16.7 Å². The van der Waals surface area contributed by atoms with Crippen molar-refractivity contribution in [1.82, 2.24) is 4.72 Å². The normalized spacial score (nSPS) is 22.5. The zero-order valence-corrected chi connectivity index (χ0v) is 26.0. The molecule has 4 aromatic carbocycles. The highest BCUT2D eigenvalue weighted by Gasteiger charge is 2.47. The molecule has 1 aliphatic heterocycles. The maximum atomic E-state index is 13.3. The number of nitrogens with one attached hydrogen (secondary N) is 1. The van der Waals surface area contributed by atoms with Crippen LogP contribution in [0.2, 0.25) is 0 Å². The third-order valence-corrected chi connectivity index (χ3v) is 9.70. The number of rotatable bonds is 13. The summed E-state index contributed by atoms with van der Waals surface area (Å²) in [7, 11) is -3.86. The van der Waals surface area contributed by atoms with Gasteiger partial charge in [0.2, 0.25) is 10.0 Å². The van der Waals surface area contributed by atoms with E-state index in [1.54, 1.807) is 30.3 Å². The maximum absolute atomic E-state index is 13.3. The monoisotopic (exact) mass is 699 g/mol. The largest absolute Gasteiger partial charge is 0.374 e. The van der Waals surface area contributed by atoms with Crippen LogP contribution in [0.3, 0.4) is 0 Å². The van der Waals surface area contributed by atoms with Crippen LogP contribution in [-0.4, -0.2) is 43.5 Å². The Morgan fingerprint density at radius 3 is 1.62 bits per heavy atom. The molecule has 1 fully saturated rings. The maximum Gasteiger partial charge on any atom is 0.242 e. The molecule has 1 aliphatic rings. The van der Waals surface area contributed by atoms with Crippen molar-refractivity contribution in [3.63, 3.8) is 0 Å². The van der Waals surface area contributed by atoms with Crippen molar-refractivity contribution in [2.45, 2.75) is 53.2 Å². The van der Waals surface area contributed by atoms with Gasteiger partial charge >= 0.3 is 0 Å². The molecule has 1 saturated heterocycles. The lowest BCUT2D eigenvalue weighted by Crippen LogP contribution is -2.62. The van der Waals surface area contributed by atoms with Crippen LogP contribution in [0.5, 0.6) is 0 Å². The Morgan fingerprint density at radius 1 is 0.643 bits per heavy atom. The van der Waals surface area contributed by atoms with Crippen molar-refractivity contribution < 1.29 is 27.4 Å². The van der Waals surface area contributed by atoms with E-state index >= 15 is 0 Å². The minimum absolute atomic E-state index is 0.165. The van der Waals surface area contributed by atoms with Crippen LogP contribution in [0.15, 0.2) is 126 Å². The Labute approximate surface area is 261 Å². The molecule has 9 heteroatoms. The molecule has 5 atom stereocenters. The first-order valence-corrected chi connectivity index (χ1v) is 16.5. The van der Waals surface area contributed by atoms with E-state index in [-0.39, 0.29) is 11.5 Å². The fourth-order valence-corrected chi connectivity index (χ4v) is 7.11. The van der Waals surface area contributed by atoms with Gasteiger partial charge in [0.1, 0.15) is 24.5 Å². The number of alkyl halides is 1. The van der Waals surface area contributed by atoms with Gasteiger partial charge in [-0.05, 0) is 28.8 Å². The lowest BCUT2D eigenvalue weighted by molar-refractivity contribution is -0.216. The van der Waals surface area contributed by atoms with Crippen LogP contribution in [0.25, 0.3) is 0 Å². The van der Waals surface area contributed by atoms with E-state index in [2.05, 4.69) is 27.3 Å². The van der Waals surface area contributed by atoms with Gasteiger partial charge in [0.05, 0.1) is 35.2 Å². The topological polar surface area (TPSA) is 83.1 Å². The number of hydrogen-bond acceptors (Lipinski definition) is 6. The predicted molar refractivity (Wildman–Crippen MR) is 169 cm³/mol. The van der Waals surface area contributed by atoms with E-state index < -0.39 is 38.5 Å². The lowest BCUT2D eigenvalue weighted by atomic mass is 10.00. The van der Waals surface area contributed by atoms with Crippen molar-refractivity contribution in [1.29, 1.82) is 0 Å². The Bertz CT molecular complexity index is 1460. The van der Waals surface area contributed by atoms with E-state index in [9.17, 15) is 8.42 Å². The molecule has 0 aromatic heterocycles. The number of benzene rings is 4. The highest BCUT2D eigenvalue weighted by Crippen LogP contribution is 2.32. The molecule has 0 amide bonds. The van der Waals surface area contributed by atoms with Crippen LogP contribution in [0.1, 0.15) is 16.7 Å². The lowest BCUT2D eigenvalue weighted by Gasteiger charge is -2.44. The molecule has 220 valence electrons. The van der Waals surface area contributed by atoms with Gasteiger partial charge in [0.15, 0.2) is 0 Å². The minimum atomic E-state index is -3.86. The molecule has 7 nitrogen and oxygen atoms in total. The number of halogens is 1. The van der Waals surface area contributed by atoms with E-state index in [4.69, 9.17) is 18.9 Å². The molecular weight excluding hydrogens is 665 g/mol. The van der Waals surface area contributed by atoms with Gasteiger partial charge in [-0.25, -0.2) is 8.42 Å². The zero-order chi connectivity index (χ0) is 29.2. The second-order valence-corrected chi connectivity index (χ2v) is 13.1. The summed E-state index contributed by atoms with van der Waals surface area (Å²) in [5, 5.41) is 0. The summed E-state index contributed by atoms with van der Waals surface area (Å²) in [6.07, 6.45) is -2.51. The van der Waals surface area contributed by atoms with Gasteiger partial charge < -0.3 is 18.9 Å². The van der Waals surface area contributed by atoms with E-state index in [1.807, 2.05) is 91.0 Å². The van der Waals surface area contributed by atoms with Gasteiger partial charge in [-0.2, -0.15) is 4.72 Å². The van der Waals surface area contributed by atoms with Crippen molar-refractivity contribution in [3.05, 3.63) is 138 Å². The Kier molecular flexibility index (Phi) is 11.1. The smallest absolute Gasteiger partial charge is 0.242 e. The summed E-state index contributed by atoms with van der Waals surface area (Å²) in [5.74, 6) is 0. The van der Waals surface area contributed by atoms with E-state index in [1.165, 1.54) is 0 Å². The average Bonchev–Trinajstić information content (AvgIpc) is 3.03.